The second kappa shape index (κ2) is 9.88. The van der Waals surface area contributed by atoms with Gasteiger partial charge in [-0.3, -0.25) is 0 Å². The number of rotatable bonds is 7. The predicted octanol–water partition coefficient (Wildman–Crippen LogP) is 1.80. The SMILES string of the molecule is CSCCN(C)CC(N)c1nc2c(c(N3CCCCCC3)n1)CNCC2. The highest BCUT2D eigenvalue weighted by molar-refractivity contribution is 7.98. The Morgan fingerprint density at radius 2 is 2.00 bits per heavy atom. The highest BCUT2D eigenvalue weighted by atomic mass is 32.2. The minimum atomic E-state index is -0.132. The Balaban J connectivity index is 1.82. The topological polar surface area (TPSA) is 70.3 Å². The van der Waals surface area contributed by atoms with Crippen molar-refractivity contribution in [1.82, 2.24) is 20.2 Å². The van der Waals surface area contributed by atoms with E-state index in [1.165, 1.54) is 36.9 Å². The minimum Gasteiger partial charge on any atom is -0.356 e. The minimum absolute atomic E-state index is 0.132. The molecule has 2 aliphatic heterocycles. The standard InChI is InChI=1S/C19H34N6S/c1-24(11-12-26-2)14-16(20)18-22-17-7-8-21-13-15(17)19(23-18)25-9-5-3-4-6-10-25/h16,21H,3-14,20H2,1-2H3. The quantitative estimate of drug-likeness (QED) is 0.750. The molecule has 0 amide bonds. The molecule has 3 heterocycles. The molecular formula is C19H34N6S. The predicted molar refractivity (Wildman–Crippen MR) is 111 cm³/mol. The molecule has 0 saturated carbocycles. The molecule has 3 N–H and O–H groups in total. The first-order valence-corrected chi connectivity index (χ1v) is 11.4. The average Bonchev–Trinajstić information content (AvgIpc) is 2.94. The lowest BCUT2D eigenvalue weighted by Gasteiger charge is -2.29. The van der Waals surface area contributed by atoms with Gasteiger partial charge in [-0.25, -0.2) is 9.97 Å². The summed E-state index contributed by atoms with van der Waals surface area (Å²) in [6.07, 6.45) is 8.28. The van der Waals surface area contributed by atoms with Crippen LogP contribution in [0, 0.1) is 0 Å². The monoisotopic (exact) mass is 378 g/mol. The van der Waals surface area contributed by atoms with E-state index in [2.05, 4.69) is 28.4 Å². The van der Waals surface area contributed by atoms with E-state index in [9.17, 15) is 0 Å². The van der Waals surface area contributed by atoms with Gasteiger partial charge in [-0.05, 0) is 26.1 Å². The van der Waals surface area contributed by atoms with Crippen molar-refractivity contribution < 1.29 is 0 Å². The van der Waals surface area contributed by atoms with Crippen molar-refractivity contribution in [2.45, 2.75) is 44.7 Å². The van der Waals surface area contributed by atoms with E-state index in [1.807, 2.05) is 11.8 Å². The maximum absolute atomic E-state index is 6.52. The molecule has 1 saturated heterocycles. The molecule has 3 rings (SSSR count). The first-order valence-electron chi connectivity index (χ1n) is 9.97. The van der Waals surface area contributed by atoms with E-state index in [0.717, 1.165) is 63.1 Å². The third-order valence-corrected chi connectivity index (χ3v) is 5.94. The number of hydrogen-bond donors (Lipinski definition) is 2. The number of fused-ring (bicyclic) bond motifs is 1. The van der Waals surface area contributed by atoms with Crippen molar-refractivity contribution in [3.05, 3.63) is 17.1 Å². The number of nitrogens with two attached hydrogens (primary N) is 1. The first-order chi connectivity index (χ1) is 12.7. The van der Waals surface area contributed by atoms with Gasteiger partial charge >= 0.3 is 0 Å². The fourth-order valence-corrected chi connectivity index (χ4v) is 4.30. The molecule has 1 fully saturated rings. The highest BCUT2D eigenvalue weighted by Gasteiger charge is 2.24. The number of nitrogens with zero attached hydrogens (tertiary/aromatic N) is 4. The van der Waals surface area contributed by atoms with Gasteiger partial charge < -0.3 is 20.9 Å². The van der Waals surface area contributed by atoms with Gasteiger partial charge in [0.1, 0.15) is 11.6 Å². The van der Waals surface area contributed by atoms with E-state index in [4.69, 9.17) is 15.7 Å². The maximum atomic E-state index is 6.52. The van der Waals surface area contributed by atoms with E-state index >= 15 is 0 Å². The zero-order chi connectivity index (χ0) is 18.4. The molecule has 1 aromatic rings. The Morgan fingerprint density at radius 1 is 1.23 bits per heavy atom. The van der Waals surface area contributed by atoms with Crippen LogP contribution in [0.1, 0.15) is 48.8 Å². The summed E-state index contributed by atoms with van der Waals surface area (Å²) in [4.78, 5) is 14.7. The molecule has 1 atom stereocenters. The summed E-state index contributed by atoms with van der Waals surface area (Å²) in [6, 6.07) is -0.132. The van der Waals surface area contributed by atoms with Crippen LogP contribution >= 0.6 is 11.8 Å². The molecule has 7 heteroatoms. The van der Waals surface area contributed by atoms with Gasteiger partial charge in [0.05, 0.1) is 11.7 Å². The lowest BCUT2D eigenvalue weighted by Crippen LogP contribution is -2.35. The van der Waals surface area contributed by atoms with Gasteiger partial charge in [0, 0.05) is 57.0 Å². The second-order valence-electron chi connectivity index (χ2n) is 7.52. The fraction of sp³-hybridized carbons (Fsp3) is 0.789. The van der Waals surface area contributed by atoms with Gasteiger partial charge in [-0.2, -0.15) is 11.8 Å². The number of thioether (sulfide) groups is 1. The molecule has 0 radical (unpaired) electrons. The Hall–Kier alpha value is -0.890. The third kappa shape index (κ3) is 5.09. The summed E-state index contributed by atoms with van der Waals surface area (Å²) in [5, 5.41) is 3.49. The summed E-state index contributed by atoms with van der Waals surface area (Å²) in [5.74, 6) is 3.08. The average molecular weight is 379 g/mol. The number of likely N-dealkylation sites (N-methyl/N-ethyl adjacent to an activating group) is 1. The van der Waals surface area contributed by atoms with Crippen LogP contribution in [-0.4, -0.2) is 66.6 Å². The number of nitrogens with one attached hydrogen (secondary N) is 1. The summed E-state index contributed by atoms with van der Waals surface area (Å²) in [7, 11) is 2.13. The van der Waals surface area contributed by atoms with Crippen molar-refractivity contribution in [1.29, 1.82) is 0 Å². The summed E-state index contributed by atoms with van der Waals surface area (Å²) >= 11 is 1.87. The Bertz CT molecular complexity index is 573. The molecule has 2 aliphatic rings. The van der Waals surface area contributed by atoms with Gasteiger partial charge in [0.15, 0.2) is 0 Å². The first kappa shape index (κ1) is 19.9. The molecule has 0 bridgehead atoms. The normalized spacial score (nSPS) is 19.3. The summed E-state index contributed by atoms with van der Waals surface area (Å²) < 4.78 is 0. The van der Waals surface area contributed by atoms with Crippen molar-refractivity contribution >= 4 is 17.6 Å². The van der Waals surface area contributed by atoms with Crippen LogP contribution in [-0.2, 0) is 13.0 Å². The Morgan fingerprint density at radius 3 is 2.73 bits per heavy atom. The molecular weight excluding hydrogens is 344 g/mol. The van der Waals surface area contributed by atoms with Crippen molar-refractivity contribution in [3.63, 3.8) is 0 Å². The van der Waals surface area contributed by atoms with Gasteiger partial charge in [-0.1, -0.05) is 12.8 Å². The lowest BCUT2D eigenvalue weighted by molar-refractivity contribution is 0.326. The van der Waals surface area contributed by atoms with Crippen LogP contribution in [0.2, 0.25) is 0 Å². The van der Waals surface area contributed by atoms with Crippen LogP contribution < -0.4 is 16.0 Å². The molecule has 1 unspecified atom stereocenters. The van der Waals surface area contributed by atoms with Crippen molar-refractivity contribution in [2.24, 2.45) is 5.73 Å². The zero-order valence-corrected chi connectivity index (χ0v) is 17.2. The van der Waals surface area contributed by atoms with Crippen LogP contribution in [0.15, 0.2) is 0 Å². The Labute approximate surface area is 162 Å². The van der Waals surface area contributed by atoms with E-state index in [1.54, 1.807) is 0 Å². The second-order valence-corrected chi connectivity index (χ2v) is 8.51. The molecule has 26 heavy (non-hydrogen) atoms. The smallest absolute Gasteiger partial charge is 0.149 e. The largest absolute Gasteiger partial charge is 0.356 e. The molecule has 146 valence electrons. The van der Waals surface area contributed by atoms with Crippen molar-refractivity contribution in [3.8, 4) is 0 Å². The van der Waals surface area contributed by atoms with Gasteiger partial charge in [0.25, 0.3) is 0 Å². The van der Waals surface area contributed by atoms with Gasteiger partial charge in [-0.15, -0.1) is 0 Å². The molecule has 0 aliphatic carbocycles. The van der Waals surface area contributed by atoms with E-state index < -0.39 is 0 Å². The van der Waals surface area contributed by atoms with E-state index in [0.29, 0.717) is 0 Å². The number of hydrogen-bond acceptors (Lipinski definition) is 7. The van der Waals surface area contributed by atoms with Crippen LogP contribution in [0.25, 0.3) is 0 Å². The van der Waals surface area contributed by atoms with Crippen LogP contribution in [0.3, 0.4) is 0 Å². The van der Waals surface area contributed by atoms with Crippen LogP contribution in [0.4, 0.5) is 5.82 Å². The Kier molecular flexibility index (Phi) is 7.54. The third-order valence-electron chi connectivity index (χ3n) is 5.35. The number of aromatic nitrogens is 2. The zero-order valence-electron chi connectivity index (χ0n) is 16.3. The molecule has 1 aromatic heterocycles. The highest BCUT2D eigenvalue weighted by Crippen LogP contribution is 2.27. The van der Waals surface area contributed by atoms with Crippen molar-refractivity contribution in [2.75, 3.05) is 56.7 Å². The molecule has 0 spiro atoms. The maximum Gasteiger partial charge on any atom is 0.149 e. The lowest BCUT2D eigenvalue weighted by atomic mass is 10.1. The fourth-order valence-electron chi connectivity index (χ4n) is 3.81. The summed E-state index contributed by atoms with van der Waals surface area (Å²) in [5.41, 5.74) is 9.02. The summed E-state index contributed by atoms with van der Waals surface area (Å²) in [6.45, 7) is 5.92. The molecule has 0 aromatic carbocycles. The number of anilines is 1. The van der Waals surface area contributed by atoms with Gasteiger partial charge in [0.2, 0.25) is 0 Å². The molecule has 6 nitrogen and oxygen atoms in total. The van der Waals surface area contributed by atoms with E-state index in [-0.39, 0.29) is 6.04 Å². The van der Waals surface area contributed by atoms with Crippen LogP contribution in [0.5, 0.6) is 0 Å².